The van der Waals surface area contributed by atoms with Gasteiger partial charge >= 0.3 is 6.18 Å². The summed E-state index contributed by atoms with van der Waals surface area (Å²) in [6, 6.07) is 2.23. The van der Waals surface area contributed by atoms with Gasteiger partial charge in [0.05, 0.1) is 23.4 Å². The molecule has 8 heteroatoms. The van der Waals surface area contributed by atoms with E-state index in [0.29, 0.717) is 12.6 Å². The molecule has 1 saturated heterocycles. The van der Waals surface area contributed by atoms with Crippen molar-refractivity contribution in [3.8, 4) is 5.75 Å². The van der Waals surface area contributed by atoms with Crippen molar-refractivity contribution in [1.29, 1.82) is 0 Å². The molecule has 1 aliphatic rings. The third kappa shape index (κ3) is 2.95. The lowest BCUT2D eigenvalue weighted by molar-refractivity contribution is -0.137. The van der Waals surface area contributed by atoms with Crippen LogP contribution < -0.4 is 0 Å². The van der Waals surface area contributed by atoms with Crippen LogP contribution in [0.1, 0.15) is 40.4 Å². The molecule has 2 heterocycles. The zero-order valence-electron chi connectivity index (χ0n) is 12.9. The molecule has 1 atom stereocenters. The smallest absolute Gasteiger partial charge is 0.416 e. The van der Waals surface area contributed by atoms with Gasteiger partial charge in [-0.2, -0.15) is 18.3 Å². The topological polar surface area (TPSA) is 58.4 Å². The number of amides is 1. The van der Waals surface area contributed by atoms with E-state index in [2.05, 4.69) is 5.10 Å². The number of carbonyl (C=O) groups excluding carboxylic acids is 1. The Balaban J connectivity index is 1.88. The molecular formula is C16H16F3N3O2. The number of alkyl halides is 3. The summed E-state index contributed by atoms with van der Waals surface area (Å²) in [6.07, 6.45) is 0.447. The highest BCUT2D eigenvalue weighted by molar-refractivity contribution is 5.97. The summed E-state index contributed by atoms with van der Waals surface area (Å²) in [5, 5.41) is 14.0. The fourth-order valence-corrected chi connectivity index (χ4v) is 3.01. The van der Waals surface area contributed by atoms with Crippen LogP contribution in [0.25, 0.3) is 0 Å². The summed E-state index contributed by atoms with van der Waals surface area (Å²) in [6.45, 7) is 0.485. The molecule has 1 aromatic carbocycles. The van der Waals surface area contributed by atoms with Gasteiger partial charge in [-0.25, -0.2) is 0 Å². The summed E-state index contributed by atoms with van der Waals surface area (Å²) in [7, 11) is 1.77. The number of aromatic nitrogens is 2. The molecule has 24 heavy (non-hydrogen) atoms. The number of carbonyl (C=O) groups is 1. The van der Waals surface area contributed by atoms with E-state index in [9.17, 15) is 23.1 Å². The van der Waals surface area contributed by atoms with E-state index < -0.39 is 23.4 Å². The summed E-state index contributed by atoms with van der Waals surface area (Å²) in [5.41, 5.74) is -0.240. The van der Waals surface area contributed by atoms with Crippen molar-refractivity contribution in [1.82, 2.24) is 14.7 Å². The normalized spacial score (nSPS) is 18.2. The monoisotopic (exact) mass is 339 g/mol. The van der Waals surface area contributed by atoms with Gasteiger partial charge in [-0.05, 0) is 31.0 Å². The fourth-order valence-electron chi connectivity index (χ4n) is 3.01. The van der Waals surface area contributed by atoms with E-state index in [-0.39, 0.29) is 11.6 Å². The summed E-state index contributed by atoms with van der Waals surface area (Å²) >= 11 is 0. The Morgan fingerprint density at radius 1 is 1.38 bits per heavy atom. The number of hydrogen-bond donors (Lipinski definition) is 1. The average molecular weight is 339 g/mol. The molecule has 1 aromatic heterocycles. The lowest BCUT2D eigenvalue weighted by Crippen LogP contribution is -2.30. The Morgan fingerprint density at radius 2 is 2.12 bits per heavy atom. The maximum absolute atomic E-state index is 12.7. The van der Waals surface area contributed by atoms with Gasteiger partial charge in [0.15, 0.2) is 0 Å². The van der Waals surface area contributed by atoms with Crippen molar-refractivity contribution in [2.45, 2.75) is 25.1 Å². The number of halogens is 3. The largest absolute Gasteiger partial charge is 0.507 e. The van der Waals surface area contributed by atoms with Gasteiger partial charge in [0.1, 0.15) is 5.75 Å². The Hall–Kier alpha value is -2.51. The molecule has 0 saturated carbocycles. The molecule has 0 radical (unpaired) electrons. The van der Waals surface area contributed by atoms with Gasteiger partial charge in [-0.1, -0.05) is 0 Å². The number of aryl methyl sites for hydroxylation is 1. The number of likely N-dealkylation sites (tertiary alicyclic amines) is 1. The highest BCUT2D eigenvalue weighted by Crippen LogP contribution is 2.36. The number of phenols is 1. The predicted molar refractivity (Wildman–Crippen MR) is 79.3 cm³/mol. The van der Waals surface area contributed by atoms with Gasteiger partial charge in [0.2, 0.25) is 0 Å². The molecule has 2 aromatic rings. The van der Waals surface area contributed by atoms with Crippen molar-refractivity contribution >= 4 is 5.91 Å². The lowest BCUT2D eigenvalue weighted by atomic mass is 10.1. The van der Waals surface area contributed by atoms with E-state index in [0.717, 1.165) is 30.5 Å². The Kier molecular flexibility index (Phi) is 3.98. The van der Waals surface area contributed by atoms with E-state index >= 15 is 0 Å². The molecule has 0 spiro atoms. The highest BCUT2D eigenvalue weighted by Gasteiger charge is 2.35. The van der Waals surface area contributed by atoms with E-state index in [1.54, 1.807) is 22.8 Å². The average Bonchev–Trinajstić information content (AvgIpc) is 3.13. The molecule has 1 amide bonds. The molecule has 3 rings (SSSR count). The lowest BCUT2D eigenvalue weighted by Gasteiger charge is -2.24. The van der Waals surface area contributed by atoms with Crippen LogP contribution in [0.15, 0.2) is 30.6 Å². The maximum atomic E-state index is 12.7. The van der Waals surface area contributed by atoms with Crippen LogP contribution in [0.4, 0.5) is 13.2 Å². The Morgan fingerprint density at radius 3 is 2.71 bits per heavy atom. The molecule has 128 valence electrons. The minimum atomic E-state index is -4.56. The van der Waals surface area contributed by atoms with E-state index in [4.69, 9.17) is 0 Å². The first kappa shape index (κ1) is 16.4. The highest BCUT2D eigenvalue weighted by atomic mass is 19.4. The Labute approximate surface area is 136 Å². The number of aromatic hydroxyl groups is 1. The summed E-state index contributed by atoms with van der Waals surface area (Å²) in [5.74, 6) is -1.14. The van der Waals surface area contributed by atoms with Crippen LogP contribution >= 0.6 is 0 Å². The molecule has 1 aliphatic heterocycles. The van der Waals surface area contributed by atoms with Crippen molar-refractivity contribution in [2.75, 3.05) is 6.54 Å². The predicted octanol–water partition coefficient (Wildman–Crippen LogP) is 3.12. The minimum Gasteiger partial charge on any atom is -0.507 e. The first-order valence-corrected chi connectivity index (χ1v) is 7.47. The zero-order chi connectivity index (χ0) is 17.5. The second-order valence-electron chi connectivity index (χ2n) is 5.83. The number of phenolic OH excluding ortho intramolecular Hbond substituents is 1. The molecule has 0 bridgehead atoms. The van der Waals surface area contributed by atoms with Crippen LogP contribution in [0.5, 0.6) is 5.75 Å². The summed E-state index contributed by atoms with van der Waals surface area (Å²) < 4.78 is 39.6. The molecule has 0 aliphatic carbocycles. The number of hydrogen-bond acceptors (Lipinski definition) is 3. The van der Waals surface area contributed by atoms with Gasteiger partial charge in [0, 0.05) is 25.4 Å². The van der Waals surface area contributed by atoms with Gasteiger partial charge in [0.25, 0.3) is 5.91 Å². The Bertz CT molecular complexity index is 770. The number of rotatable bonds is 2. The maximum Gasteiger partial charge on any atom is 0.416 e. The molecule has 0 unspecified atom stereocenters. The van der Waals surface area contributed by atoms with Crippen molar-refractivity contribution in [3.05, 3.63) is 47.3 Å². The molecule has 1 fully saturated rings. The zero-order valence-corrected chi connectivity index (χ0v) is 12.9. The third-order valence-electron chi connectivity index (χ3n) is 4.18. The van der Waals surface area contributed by atoms with Crippen LogP contribution in [0.3, 0.4) is 0 Å². The molecular weight excluding hydrogens is 323 g/mol. The van der Waals surface area contributed by atoms with Crippen LogP contribution in [-0.4, -0.2) is 32.2 Å². The molecule has 1 N–H and O–H groups in total. The van der Waals surface area contributed by atoms with Crippen molar-refractivity contribution in [3.63, 3.8) is 0 Å². The fraction of sp³-hybridized carbons (Fsp3) is 0.375. The number of benzene rings is 1. The van der Waals surface area contributed by atoms with Crippen molar-refractivity contribution in [2.24, 2.45) is 7.05 Å². The van der Waals surface area contributed by atoms with Gasteiger partial charge in [-0.15, -0.1) is 0 Å². The number of nitrogens with zero attached hydrogens (tertiary/aromatic N) is 3. The standard InChI is InChI=1S/C16H16F3N3O2/c1-21-9-10(8-20-21)13-3-2-6-22(13)15(24)12-5-4-11(7-14(12)23)16(17,18)19/h4-5,7-9,13,23H,2-3,6H2,1H3/t13-/m1/s1. The van der Waals surface area contributed by atoms with E-state index in [1.165, 1.54) is 0 Å². The van der Waals surface area contributed by atoms with Gasteiger partial charge < -0.3 is 10.0 Å². The third-order valence-corrected chi connectivity index (χ3v) is 4.18. The quantitative estimate of drug-likeness (QED) is 0.915. The first-order chi connectivity index (χ1) is 11.3. The van der Waals surface area contributed by atoms with Crippen molar-refractivity contribution < 1.29 is 23.1 Å². The van der Waals surface area contributed by atoms with Crippen LogP contribution in [-0.2, 0) is 13.2 Å². The molecule has 5 nitrogen and oxygen atoms in total. The first-order valence-electron chi connectivity index (χ1n) is 7.47. The minimum absolute atomic E-state index is 0.126. The van der Waals surface area contributed by atoms with E-state index in [1.807, 2.05) is 6.20 Å². The summed E-state index contributed by atoms with van der Waals surface area (Å²) in [4.78, 5) is 14.2. The SMILES string of the molecule is Cn1cc([C@H]2CCCN2C(=O)c2ccc(C(F)(F)F)cc2O)cn1. The van der Waals surface area contributed by atoms with Gasteiger partial charge in [-0.3, -0.25) is 9.48 Å². The second-order valence-corrected chi connectivity index (χ2v) is 5.83. The van der Waals surface area contributed by atoms with Crippen LogP contribution in [0.2, 0.25) is 0 Å². The van der Waals surface area contributed by atoms with Crippen LogP contribution in [0, 0.1) is 0 Å². The second kappa shape index (κ2) is 5.85.